The van der Waals surface area contributed by atoms with Gasteiger partial charge in [-0.1, -0.05) is 18.9 Å². The second-order valence-electron chi connectivity index (χ2n) is 5.91. The van der Waals surface area contributed by atoms with Crippen LogP contribution in [-0.4, -0.2) is 29.1 Å². The molecule has 1 saturated carbocycles. The first-order valence-corrected chi connectivity index (χ1v) is 7.42. The molecule has 0 spiro atoms. The highest BCUT2D eigenvalue weighted by molar-refractivity contribution is 5.95. The summed E-state index contributed by atoms with van der Waals surface area (Å²) in [7, 11) is 0. The molecule has 2 rings (SSSR count). The number of hydrogen-bond acceptors (Lipinski definition) is 3. The smallest absolute Gasteiger partial charge is 0.387 e. The van der Waals surface area contributed by atoms with Gasteiger partial charge < -0.3 is 15.2 Å². The van der Waals surface area contributed by atoms with E-state index >= 15 is 0 Å². The van der Waals surface area contributed by atoms with Crippen LogP contribution in [0.5, 0.6) is 5.75 Å². The molecule has 2 unspecified atom stereocenters. The molecule has 1 aromatic rings. The van der Waals surface area contributed by atoms with E-state index in [1.807, 2.05) is 0 Å². The average Bonchev–Trinajstić information content (AvgIpc) is 2.46. The summed E-state index contributed by atoms with van der Waals surface area (Å²) in [4.78, 5) is 23.8. The number of nitrogens with one attached hydrogen (secondary N) is 1. The molecule has 1 fully saturated rings. The lowest BCUT2D eigenvalue weighted by molar-refractivity contribution is -0.145. The molecular weight excluding hydrogens is 308 g/mol. The number of rotatable bonds is 5. The normalized spacial score (nSPS) is 24.3. The number of hydrogen-bond donors (Lipinski definition) is 2. The quantitative estimate of drug-likeness (QED) is 0.871. The van der Waals surface area contributed by atoms with Gasteiger partial charge >= 0.3 is 12.6 Å². The van der Waals surface area contributed by atoms with E-state index in [1.165, 1.54) is 24.3 Å². The highest BCUT2D eigenvalue weighted by Crippen LogP contribution is 2.34. The Kier molecular flexibility index (Phi) is 5.18. The van der Waals surface area contributed by atoms with E-state index in [9.17, 15) is 23.5 Å². The van der Waals surface area contributed by atoms with Crippen molar-refractivity contribution in [3.63, 3.8) is 0 Å². The van der Waals surface area contributed by atoms with Crippen LogP contribution in [0, 0.1) is 5.92 Å². The van der Waals surface area contributed by atoms with Crippen molar-refractivity contribution < 1.29 is 28.2 Å². The third-order valence-electron chi connectivity index (χ3n) is 4.23. The molecule has 2 atom stereocenters. The zero-order chi connectivity index (χ0) is 17.0. The number of benzene rings is 1. The first kappa shape index (κ1) is 17.2. The molecule has 1 aliphatic rings. The minimum Gasteiger partial charge on any atom is -0.481 e. The van der Waals surface area contributed by atoms with Crippen molar-refractivity contribution in [2.24, 2.45) is 5.92 Å². The second-order valence-corrected chi connectivity index (χ2v) is 5.91. The lowest BCUT2D eigenvalue weighted by Crippen LogP contribution is -2.55. The number of carboxylic acids is 1. The van der Waals surface area contributed by atoms with Gasteiger partial charge in [-0.15, -0.1) is 0 Å². The molecule has 0 heterocycles. The highest BCUT2D eigenvalue weighted by atomic mass is 19.3. The summed E-state index contributed by atoms with van der Waals surface area (Å²) in [5.74, 6) is -2.22. The maximum atomic E-state index is 12.4. The van der Waals surface area contributed by atoms with Gasteiger partial charge in [-0.25, -0.2) is 0 Å². The van der Waals surface area contributed by atoms with Gasteiger partial charge in [0.05, 0.1) is 11.5 Å². The third kappa shape index (κ3) is 4.18. The van der Waals surface area contributed by atoms with Crippen LogP contribution in [0.15, 0.2) is 24.3 Å². The number of carbonyl (C=O) groups is 2. The summed E-state index contributed by atoms with van der Waals surface area (Å²) in [5, 5.41) is 12.1. The van der Waals surface area contributed by atoms with Crippen LogP contribution in [0.3, 0.4) is 0 Å². The van der Waals surface area contributed by atoms with E-state index in [4.69, 9.17) is 0 Å². The largest absolute Gasteiger partial charge is 0.481 e. The number of halogens is 2. The van der Waals surface area contributed by atoms with Gasteiger partial charge in [0.2, 0.25) is 0 Å². The SMILES string of the molecule is CC1(NC(=O)c2cccc(OC(F)F)c2)CCCCC1C(=O)O. The minimum absolute atomic E-state index is 0.115. The number of alkyl halides is 2. The molecule has 2 N–H and O–H groups in total. The first-order valence-electron chi connectivity index (χ1n) is 7.42. The fourth-order valence-corrected chi connectivity index (χ4v) is 3.02. The molecule has 0 aromatic heterocycles. The van der Waals surface area contributed by atoms with Crippen molar-refractivity contribution in [3.8, 4) is 5.75 Å². The predicted octanol–water partition coefficient (Wildman–Crippen LogP) is 3.05. The average molecular weight is 327 g/mol. The van der Waals surface area contributed by atoms with Crippen molar-refractivity contribution in [2.45, 2.75) is 44.8 Å². The van der Waals surface area contributed by atoms with Crippen molar-refractivity contribution in [1.82, 2.24) is 5.32 Å². The predicted molar refractivity (Wildman–Crippen MR) is 78.5 cm³/mol. The van der Waals surface area contributed by atoms with Crippen molar-refractivity contribution in [3.05, 3.63) is 29.8 Å². The fourth-order valence-electron chi connectivity index (χ4n) is 3.02. The Balaban J connectivity index is 2.15. The van der Waals surface area contributed by atoms with E-state index in [0.717, 1.165) is 12.8 Å². The monoisotopic (exact) mass is 327 g/mol. The Bertz CT molecular complexity index is 593. The standard InChI is InChI=1S/C16H19F2NO4/c1-16(8-3-2-7-12(16)14(21)22)19-13(20)10-5-4-6-11(9-10)23-15(17)18/h4-6,9,12,15H,2-3,7-8H2,1H3,(H,19,20)(H,21,22). The topological polar surface area (TPSA) is 75.6 Å². The van der Waals surface area contributed by atoms with Gasteiger partial charge in [-0.3, -0.25) is 9.59 Å². The van der Waals surface area contributed by atoms with Crippen LogP contribution in [0.1, 0.15) is 43.0 Å². The molecule has 23 heavy (non-hydrogen) atoms. The number of ether oxygens (including phenoxy) is 1. The maximum Gasteiger partial charge on any atom is 0.387 e. The van der Waals surface area contributed by atoms with E-state index in [1.54, 1.807) is 6.92 Å². The molecule has 0 radical (unpaired) electrons. The second kappa shape index (κ2) is 6.93. The molecule has 5 nitrogen and oxygen atoms in total. The number of aliphatic carboxylic acids is 1. The lowest BCUT2D eigenvalue weighted by Gasteiger charge is -2.39. The molecule has 126 valence electrons. The maximum absolute atomic E-state index is 12.4. The van der Waals surface area contributed by atoms with Crippen molar-refractivity contribution in [1.29, 1.82) is 0 Å². The Morgan fingerprint density at radius 2 is 2.13 bits per heavy atom. The highest BCUT2D eigenvalue weighted by Gasteiger charge is 2.42. The summed E-state index contributed by atoms with van der Waals surface area (Å²) in [6, 6.07) is 5.44. The van der Waals surface area contributed by atoms with Crippen LogP contribution in [0.2, 0.25) is 0 Å². The van der Waals surface area contributed by atoms with E-state index in [0.29, 0.717) is 12.8 Å². The number of amides is 1. The van der Waals surface area contributed by atoms with Gasteiger partial charge in [0.1, 0.15) is 5.75 Å². The lowest BCUT2D eigenvalue weighted by atomic mass is 9.73. The Morgan fingerprint density at radius 1 is 1.39 bits per heavy atom. The van der Waals surface area contributed by atoms with Gasteiger partial charge in [0, 0.05) is 5.56 Å². The molecule has 0 saturated heterocycles. The summed E-state index contributed by atoms with van der Waals surface area (Å²) >= 11 is 0. The van der Waals surface area contributed by atoms with Gasteiger partial charge in [-0.05, 0) is 38.0 Å². The Hall–Kier alpha value is -2.18. The van der Waals surface area contributed by atoms with Crippen LogP contribution >= 0.6 is 0 Å². The van der Waals surface area contributed by atoms with Gasteiger partial charge in [0.15, 0.2) is 0 Å². The molecule has 1 amide bonds. The third-order valence-corrected chi connectivity index (χ3v) is 4.23. The first-order chi connectivity index (χ1) is 10.8. The van der Waals surface area contributed by atoms with E-state index in [2.05, 4.69) is 10.1 Å². The van der Waals surface area contributed by atoms with Crippen LogP contribution in [0.4, 0.5) is 8.78 Å². The molecule has 0 aliphatic heterocycles. The van der Waals surface area contributed by atoms with E-state index < -0.39 is 29.9 Å². The zero-order valence-electron chi connectivity index (χ0n) is 12.7. The van der Waals surface area contributed by atoms with Crippen LogP contribution in [0.25, 0.3) is 0 Å². The zero-order valence-corrected chi connectivity index (χ0v) is 12.7. The Morgan fingerprint density at radius 3 is 2.78 bits per heavy atom. The summed E-state index contributed by atoms with van der Waals surface area (Å²) in [6.45, 7) is -1.26. The van der Waals surface area contributed by atoms with Gasteiger partial charge in [-0.2, -0.15) is 8.78 Å². The summed E-state index contributed by atoms with van der Waals surface area (Å²) < 4.78 is 28.8. The van der Waals surface area contributed by atoms with Crippen LogP contribution in [-0.2, 0) is 4.79 Å². The van der Waals surface area contributed by atoms with Crippen LogP contribution < -0.4 is 10.1 Å². The van der Waals surface area contributed by atoms with E-state index in [-0.39, 0.29) is 11.3 Å². The molecule has 7 heteroatoms. The Labute approximate surface area is 132 Å². The number of carbonyl (C=O) groups excluding carboxylic acids is 1. The summed E-state index contributed by atoms with van der Waals surface area (Å²) in [6.07, 6.45) is 2.69. The number of carboxylic acid groups (broad SMARTS) is 1. The minimum atomic E-state index is -2.97. The summed E-state index contributed by atoms with van der Waals surface area (Å²) in [5.41, 5.74) is -0.708. The fraction of sp³-hybridized carbons (Fsp3) is 0.500. The van der Waals surface area contributed by atoms with Crippen molar-refractivity contribution >= 4 is 11.9 Å². The molecular formula is C16H19F2NO4. The van der Waals surface area contributed by atoms with Gasteiger partial charge in [0.25, 0.3) is 5.91 Å². The molecule has 1 aromatic carbocycles. The van der Waals surface area contributed by atoms with Crippen molar-refractivity contribution in [2.75, 3.05) is 0 Å². The molecule has 1 aliphatic carbocycles. The molecule has 0 bridgehead atoms.